The summed E-state index contributed by atoms with van der Waals surface area (Å²) in [6.07, 6.45) is -4.26. The molecule has 0 fully saturated rings. The third-order valence-corrected chi connectivity index (χ3v) is 2.15. The first kappa shape index (κ1) is 16.1. The topological polar surface area (TPSA) is 52.0 Å². The predicted octanol–water partition coefficient (Wildman–Crippen LogP) is 2.61. The van der Waals surface area contributed by atoms with Gasteiger partial charge in [-0.25, -0.2) is 4.39 Å². The van der Waals surface area contributed by atoms with Crippen molar-refractivity contribution in [2.45, 2.75) is 18.6 Å². The molecule has 0 aliphatic carbocycles. The highest BCUT2D eigenvalue weighted by molar-refractivity contribution is 5.85. The lowest BCUT2D eigenvalue weighted by Gasteiger charge is -2.14. The molecule has 1 rings (SSSR count). The zero-order chi connectivity index (χ0) is 12.3. The quantitative estimate of drug-likeness (QED) is 0.831. The van der Waals surface area contributed by atoms with Crippen molar-refractivity contribution >= 4 is 12.4 Å². The van der Waals surface area contributed by atoms with Gasteiger partial charge in [0.05, 0.1) is 5.56 Å². The molecule has 98 valence electrons. The van der Waals surface area contributed by atoms with Gasteiger partial charge in [-0.15, -0.1) is 12.4 Å². The maximum Gasteiger partial charge on any atom is 0.416 e. The van der Waals surface area contributed by atoms with Crippen molar-refractivity contribution in [1.29, 1.82) is 0 Å². The Bertz CT molecular complexity index is 368. The van der Waals surface area contributed by atoms with Crippen LogP contribution in [0.25, 0.3) is 0 Å². The molecular weight excluding hydrogens is 260 g/mol. The number of alkyl halides is 3. The van der Waals surface area contributed by atoms with E-state index in [0.29, 0.717) is 12.5 Å². The summed E-state index contributed by atoms with van der Waals surface area (Å²) in [5.41, 5.74) is 9.88. The van der Waals surface area contributed by atoms with Gasteiger partial charge >= 0.3 is 6.18 Å². The predicted molar refractivity (Wildman–Crippen MR) is 59.2 cm³/mol. The lowest BCUT2D eigenvalue weighted by Crippen LogP contribution is -2.17. The summed E-state index contributed by atoms with van der Waals surface area (Å²) in [5.74, 6) is -0.947. The summed E-state index contributed by atoms with van der Waals surface area (Å²) in [4.78, 5) is 0. The molecular formula is C10H13ClF4N2. The molecule has 0 aliphatic heterocycles. The van der Waals surface area contributed by atoms with Crippen LogP contribution in [0.2, 0.25) is 0 Å². The molecule has 0 spiro atoms. The van der Waals surface area contributed by atoms with Crippen LogP contribution in [0.15, 0.2) is 18.2 Å². The molecule has 0 radical (unpaired) electrons. The van der Waals surface area contributed by atoms with Crippen LogP contribution in [0.3, 0.4) is 0 Å². The van der Waals surface area contributed by atoms with Crippen LogP contribution in [0.5, 0.6) is 0 Å². The van der Waals surface area contributed by atoms with E-state index in [0.717, 1.165) is 12.1 Å². The van der Waals surface area contributed by atoms with Crippen molar-refractivity contribution in [1.82, 2.24) is 0 Å². The van der Waals surface area contributed by atoms with Crippen molar-refractivity contribution in [3.05, 3.63) is 35.1 Å². The summed E-state index contributed by atoms with van der Waals surface area (Å²) < 4.78 is 50.1. The monoisotopic (exact) mass is 272 g/mol. The summed E-state index contributed by atoms with van der Waals surface area (Å²) in [6, 6.07) is 1.61. The largest absolute Gasteiger partial charge is 0.416 e. The van der Waals surface area contributed by atoms with Crippen LogP contribution in [-0.4, -0.2) is 6.54 Å². The Balaban J connectivity index is 0.00000256. The van der Waals surface area contributed by atoms with Gasteiger partial charge in [-0.2, -0.15) is 13.2 Å². The molecule has 17 heavy (non-hydrogen) atoms. The highest BCUT2D eigenvalue weighted by Gasteiger charge is 2.31. The van der Waals surface area contributed by atoms with Gasteiger partial charge in [0.25, 0.3) is 0 Å². The molecule has 1 aromatic carbocycles. The van der Waals surface area contributed by atoms with Gasteiger partial charge in [0, 0.05) is 6.04 Å². The Morgan fingerprint density at radius 1 is 1.18 bits per heavy atom. The lowest BCUT2D eigenvalue weighted by atomic mass is 10.0. The number of halogens is 5. The van der Waals surface area contributed by atoms with Crippen molar-refractivity contribution in [3.63, 3.8) is 0 Å². The molecule has 0 amide bonds. The van der Waals surface area contributed by atoms with Gasteiger partial charge in [0.15, 0.2) is 0 Å². The van der Waals surface area contributed by atoms with E-state index in [1.165, 1.54) is 0 Å². The number of rotatable bonds is 3. The molecule has 0 saturated carbocycles. The number of hydrogen-bond donors (Lipinski definition) is 2. The molecule has 7 heteroatoms. The van der Waals surface area contributed by atoms with E-state index >= 15 is 0 Å². The van der Waals surface area contributed by atoms with Gasteiger partial charge in [-0.05, 0) is 36.7 Å². The Morgan fingerprint density at radius 3 is 2.24 bits per heavy atom. The summed E-state index contributed by atoms with van der Waals surface area (Å²) in [5, 5.41) is 0. The van der Waals surface area contributed by atoms with Crippen LogP contribution in [0.4, 0.5) is 17.6 Å². The minimum absolute atomic E-state index is 0. The van der Waals surface area contributed by atoms with Crippen LogP contribution in [0.1, 0.15) is 23.6 Å². The summed E-state index contributed by atoms with van der Waals surface area (Å²) >= 11 is 0. The molecule has 0 aromatic heterocycles. The third kappa shape index (κ3) is 4.49. The first-order valence-electron chi connectivity index (χ1n) is 4.68. The molecule has 1 atom stereocenters. The second-order valence-electron chi connectivity index (χ2n) is 3.45. The van der Waals surface area contributed by atoms with Gasteiger partial charge in [-0.3, -0.25) is 0 Å². The van der Waals surface area contributed by atoms with Crippen LogP contribution < -0.4 is 11.5 Å². The third-order valence-electron chi connectivity index (χ3n) is 2.15. The number of benzene rings is 1. The van der Waals surface area contributed by atoms with Crippen molar-refractivity contribution in [3.8, 4) is 0 Å². The summed E-state index contributed by atoms with van der Waals surface area (Å²) in [6.45, 7) is 0.235. The van der Waals surface area contributed by atoms with Gasteiger partial charge in [-0.1, -0.05) is 0 Å². The number of hydrogen-bond acceptors (Lipinski definition) is 2. The van der Waals surface area contributed by atoms with E-state index in [1.807, 2.05) is 0 Å². The van der Waals surface area contributed by atoms with Crippen LogP contribution >= 0.6 is 12.4 Å². The van der Waals surface area contributed by atoms with Gasteiger partial charge < -0.3 is 11.5 Å². The van der Waals surface area contributed by atoms with E-state index in [4.69, 9.17) is 11.5 Å². The normalized spacial score (nSPS) is 13.1. The average Bonchev–Trinajstić information content (AvgIpc) is 2.16. The minimum Gasteiger partial charge on any atom is -0.330 e. The lowest BCUT2D eigenvalue weighted by molar-refractivity contribution is -0.137. The molecule has 0 aliphatic rings. The maximum absolute atomic E-state index is 13.0. The highest BCUT2D eigenvalue weighted by atomic mass is 35.5. The molecule has 0 saturated heterocycles. The highest BCUT2D eigenvalue weighted by Crippen LogP contribution is 2.31. The first-order chi connectivity index (χ1) is 7.34. The zero-order valence-electron chi connectivity index (χ0n) is 8.80. The second-order valence-corrected chi connectivity index (χ2v) is 3.45. The van der Waals surface area contributed by atoms with Crippen molar-refractivity contribution in [2.75, 3.05) is 6.54 Å². The average molecular weight is 273 g/mol. The van der Waals surface area contributed by atoms with E-state index in [-0.39, 0.29) is 24.5 Å². The SMILES string of the molecule is Cl.NCC[C@@H](N)c1cc(F)cc(C(F)(F)F)c1. The molecule has 1 aromatic rings. The fourth-order valence-corrected chi connectivity index (χ4v) is 1.34. The van der Waals surface area contributed by atoms with Crippen molar-refractivity contribution in [2.24, 2.45) is 11.5 Å². The fraction of sp³-hybridized carbons (Fsp3) is 0.400. The van der Waals surface area contributed by atoms with E-state index in [2.05, 4.69) is 0 Å². The van der Waals surface area contributed by atoms with Gasteiger partial charge in [0.2, 0.25) is 0 Å². The molecule has 4 N–H and O–H groups in total. The maximum atomic E-state index is 13.0. The molecule has 0 unspecified atom stereocenters. The summed E-state index contributed by atoms with van der Waals surface area (Å²) in [7, 11) is 0. The molecule has 0 heterocycles. The van der Waals surface area contributed by atoms with Crippen LogP contribution in [0, 0.1) is 5.82 Å². The first-order valence-corrected chi connectivity index (χ1v) is 4.68. The smallest absolute Gasteiger partial charge is 0.330 e. The van der Waals surface area contributed by atoms with Crippen molar-refractivity contribution < 1.29 is 17.6 Å². The Hall–Kier alpha value is -0.850. The van der Waals surface area contributed by atoms with Crippen LogP contribution in [-0.2, 0) is 6.18 Å². The molecule has 0 bridgehead atoms. The minimum atomic E-state index is -4.57. The fourth-order valence-electron chi connectivity index (χ4n) is 1.34. The van der Waals surface area contributed by atoms with E-state index in [9.17, 15) is 17.6 Å². The molecule has 2 nitrogen and oxygen atoms in total. The van der Waals surface area contributed by atoms with E-state index in [1.54, 1.807) is 0 Å². The standard InChI is InChI=1S/C10H12F4N2.ClH/c11-8-4-6(9(16)1-2-15)3-7(5-8)10(12,13)14;/h3-5,9H,1-2,15-16H2;1H/t9-;/m1./s1. The zero-order valence-corrected chi connectivity index (χ0v) is 9.61. The Labute approximate surface area is 102 Å². The Morgan fingerprint density at radius 2 is 1.76 bits per heavy atom. The van der Waals surface area contributed by atoms with Gasteiger partial charge in [0.1, 0.15) is 5.82 Å². The number of nitrogens with two attached hydrogens (primary N) is 2. The second kappa shape index (κ2) is 6.18. The Kier molecular flexibility index (Phi) is 5.87. The van der Waals surface area contributed by atoms with E-state index < -0.39 is 23.6 Å².